The quantitative estimate of drug-likeness (QED) is 0.368. The molecular weight excluding hydrogens is 487 g/mol. The summed E-state index contributed by atoms with van der Waals surface area (Å²) in [7, 11) is 0.501. The lowest BCUT2D eigenvalue weighted by Crippen LogP contribution is -2.41. The minimum absolute atomic E-state index is 0.0196. The number of halogens is 1. The third kappa shape index (κ3) is 6.66. The van der Waals surface area contributed by atoms with Crippen LogP contribution in [0.4, 0.5) is 10.1 Å². The fourth-order valence-corrected chi connectivity index (χ4v) is 4.96. The molecule has 1 amide bonds. The molecule has 3 aromatic rings. The number of nitrogens with one attached hydrogen (secondary N) is 1. The standard InChI is InChI=1S/C26H29FN2O6S/c1-33-22-11-13-23(14-12-22)36(31,32)29(21-9-7-20(27)8-10-21)18-26(30)28-16-4-5-19-6-15-24(34-2)25(17-19)35-3/h6-15,17H,4-5,16,18H2,1-3H3,(H,28,30). The number of methoxy groups -OCH3 is 3. The van der Waals surface area contributed by atoms with Crippen LogP contribution in [-0.4, -0.2) is 48.7 Å². The minimum Gasteiger partial charge on any atom is -0.497 e. The van der Waals surface area contributed by atoms with E-state index < -0.39 is 28.3 Å². The first-order valence-corrected chi connectivity index (χ1v) is 12.6. The van der Waals surface area contributed by atoms with Gasteiger partial charge in [-0.3, -0.25) is 9.10 Å². The van der Waals surface area contributed by atoms with E-state index in [2.05, 4.69) is 5.32 Å². The van der Waals surface area contributed by atoms with Gasteiger partial charge in [-0.2, -0.15) is 0 Å². The Morgan fingerprint density at radius 1 is 0.889 bits per heavy atom. The molecule has 0 bridgehead atoms. The van der Waals surface area contributed by atoms with Gasteiger partial charge in [0.25, 0.3) is 10.0 Å². The van der Waals surface area contributed by atoms with Gasteiger partial charge >= 0.3 is 0 Å². The van der Waals surface area contributed by atoms with Crippen molar-refractivity contribution in [1.82, 2.24) is 5.32 Å². The van der Waals surface area contributed by atoms with Crippen LogP contribution in [0.2, 0.25) is 0 Å². The van der Waals surface area contributed by atoms with Gasteiger partial charge in [0.05, 0.1) is 31.9 Å². The highest BCUT2D eigenvalue weighted by Crippen LogP contribution is 2.28. The van der Waals surface area contributed by atoms with Crippen molar-refractivity contribution in [2.45, 2.75) is 17.7 Å². The highest BCUT2D eigenvalue weighted by atomic mass is 32.2. The van der Waals surface area contributed by atoms with E-state index in [0.717, 1.165) is 22.0 Å². The fourth-order valence-electron chi connectivity index (χ4n) is 3.54. The zero-order valence-electron chi connectivity index (χ0n) is 20.4. The lowest BCUT2D eigenvalue weighted by Gasteiger charge is -2.24. The molecule has 0 unspecified atom stereocenters. The number of benzene rings is 3. The summed E-state index contributed by atoms with van der Waals surface area (Å²) in [4.78, 5) is 12.7. The van der Waals surface area contributed by atoms with Crippen LogP contribution in [0.15, 0.2) is 71.6 Å². The first-order chi connectivity index (χ1) is 17.3. The maximum Gasteiger partial charge on any atom is 0.264 e. The maximum absolute atomic E-state index is 13.5. The van der Waals surface area contributed by atoms with E-state index in [4.69, 9.17) is 14.2 Å². The summed E-state index contributed by atoms with van der Waals surface area (Å²) in [5.74, 6) is 0.754. The Kier molecular flexibility index (Phi) is 9.13. The number of ether oxygens (including phenoxy) is 3. The van der Waals surface area contributed by atoms with E-state index in [-0.39, 0.29) is 10.6 Å². The number of carbonyl (C=O) groups is 1. The molecule has 0 spiro atoms. The van der Waals surface area contributed by atoms with Gasteiger partial charge in [-0.05, 0) is 79.1 Å². The lowest BCUT2D eigenvalue weighted by atomic mass is 10.1. The largest absolute Gasteiger partial charge is 0.497 e. The molecule has 10 heteroatoms. The summed E-state index contributed by atoms with van der Waals surface area (Å²) in [5.41, 5.74) is 1.18. The lowest BCUT2D eigenvalue weighted by molar-refractivity contribution is -0.119. The monoisotopic (exact) mass is 516 g/mol. The van der Waals surface area contributed by atoms with Gasteiger partial charge in [-0.1, -0.05) is 6.07 Å². The number of rotatable bonds is 12. The van der Waals surface area contributed by atoms with E-state index >= 15 is 0 Å². The fraction of sp³-hybridized carbons (Fsp3) is 0.269. The van der Waals surface area contributed by atoms with E-state index in [1.807, 2.05) is 18.2 Å². The molecule has 0 saturated heterocycles. The van der Waals surface area contributed by atoms with Gasteiger partial charge in [0.1, 0.15) is 18.1 Å². The summed E-state index contributed by atoms with van der Waals surface area (Å²) < 4.78 is 56.8. The first kappa shape index (κ1) is 26.8. The minimum atomic E-state index is -4.11. The molecule has 0 fully saturated rings. The van der Waals surface area contributed by atoms with Crippen molar-refractivity contribution >= 4 is 21.6 Å². The number of carbonyl (C=O) groups excluding carboxylic acids is 1. The molecule has 0 heterocycles. The van der Waals surface area contributed by atoms with Crippen molar-refractivity contribution < 1.29 is 31.8 Å². The van der Waals surface area contributed by atoms with Gasteiger partial charge in [0.15, 0.2) is 11.5 Å². The topological polar surface area (TPSA) is 94.2 Å². The molecule has 0 saturated carbocycles. The highest BCUT2D eigenvalue weighted by Gasteiger charge is 2.27. The molecule has 0 aromatic heterocycles. The Balaban J connectivity index is 1.68. The second-order valence-electron chi connectivity index (χ2n) is 7.81. The third-order valence-corrected chi connectivity index (χ3v) is 7.25. The van der Waals surface area contributed by atoms with Crippen LogP contribution in [-0.2, 0) is 21.2 Å². The van der Waals surface area contributed by atoms with Crippen LogP contribution in [0.25, 0.3) is 0 Å². The summed E-state index contributed by atoms with van der Waals surface area (Å²) in [6.45, 7) is -0.122. The number of amides is 1. The second-order valence-corrected chi connectivity index (χ2v) is 9.67. The summed E-state index contributed by atoms with van der Waals surface area (Å²) in [6, 6.07) is 16.4. The van der Waals surface area contributed by atoms with Crippen molar-refractivity contribution in [3.8, 4) is 17.2 Å². The van der Waals surface area contributed by atoms with E-state index in [0.29, 0.717) is 36.6 Å². The van der Waals surface area contributed by atoms with Crippen LogP contribution in [0.3, 0.4) is 0 Å². The average Bonchev–Trinajstić information content (AvgIpc) is 2.90. The molecule has 36 heavy (non-hydrogen) atoms. The first-order valence-electron chi connectivity index (χ1n) is 11.2. The Bertz CT molecular complexity index is 1260. The van der Waals surface area contributed by atoms with Crippen LogP contribution in [0.1, 0.15) is 12.0 Å². The van der Waals surface area contributed by atoms with Gasteiger partial charge in [-0.25, -0.2) is 12.8 Å². The molecule has 0 radical (unpaired) electrons. The van der Waals surface area contributed by atoms with Crippen molar-refractivity contribution in [2.75, 3.05) is 38.7 Å². The molecule has 0 aliphatic carbocycles. The molecule has 1 N–H and O–H groups in total. The normalized spacial score (nSPS) is 11.0. The summed E-state index contributed by atoms with van der Waals surface area (Å²) >= 11 is 0. The Hall–Kier alpha value is -3.79. The number of anilines is 1. The molecule has 192 valence electrons. The second kappa shape index (κ2) is 12.3. The van der Waals surface area contributed by atoms with Gasteiger partial charge in [0.2, 0.25) is 5.91 Å². The number of nitrogens with zero attached hydrogens (tertiary/aromatic N) is 1. The number of aryl methyl sites for hydroxylation is 1. The third-order valence-electron chi connectivity index (χ3n) is 5.46. The van der Waals surface area contributed by atoms with Gasteiger partial charge in [0, 0.05) is 6.54 Å². The highest BCUT2D eigenvalue weighted by molar-refractivity contribution is 7.92. The molecule has 3 rings (SSSR count). The van der Waals surface area contributed by atoms with Crippen LogP contribution < -0.4 is 23.8 Å². The summed E-state index contributed by atoms with van der Waals surface area (Å²) in [5, 5.41) is 2.76. The van der Waals surface area contributed by atoms with Crippen LogP contribution in [0, 0.1) is 5.82 Å². The molecule has 8 nitrogen and oxygen atoms in total. The SMILES string of the molecule is COc1ccc(S(=O)(=O)N(CC(=O)NCCCc2ccc(OC)c(OC)c2)c2ccc(F)cc2)cc1. The van der Waals surface area contributed by atoms with Crippen molar-refractivity contribution in [3.05, 3.63) is 78.1 Å². The smallest absolute Gasteiger partial charge is 0.264 e. The van der Waals surface area contributed by atoms with Crippen LogP contribution in [0.5, 0.6) is 17.2 Å². The molecule has 0 aliphatic rings. The molecule has 0 aliphatic heterocycles. The Morgan fingerprint density at radius 2 is 1.56 bits per heavy atom. The van der Waals surface area contributed by atoms with E-state index in [1.54, 1.807) is 14.2 Å². The molecular formula is C26H29FN2O6S. The predicted molar refractivity (Wildman–Crippen MR) is 135 cm³/mol. The number of sulfonamides is 1. The van der Waals surface area contributed by atoms with E-state index in [9.17, 15) is 17.6 Å². The Morgan fingerprint density at radius 3 is 2.17 bits per heavy atom. The van der Waals surface area contributed by atoms with Gasteiger partial charge in [-0.15, -0.1) is 0 Å². The molecule has 3 aromatic carbocycles. The average molecular weight is 517 g/mol. The van der Waals surface area contributed by atoms with E-state index in [1.165, 1.54) is 43.5 Å². The van der Waals surface area contributed by atoms with Gasteiger partial charge < -0.3 is 19.5 Å². The van der Waals surface area contributed by atoms with Crippen molar-refractivity contribution in [1.29, 1.82) is 0 Å². The number of hydrogen-bond acceptors (Lipinski definition) is 6. The zero-order chi connectivity index (χ0) is 26.1. The Labute approximate surface area is 210 Å². The van der Waals surface area contributed by atoms with Crippen LogP contribution >= 0.6 is 0 Å². The van der Waals surface area contributed by atoms with Crippen molar-refractivity contribution in [2.24, 2.45) is 0 Å². The van der Waals surface area contributed by atoms with Crippen molar-refractivity contribution in [3.63, 3.8) is 0 Å². The zero-order valence-corrected chi connectivity index (χ0v) is 21.2. The maximum atomic E-state index is 13.5. The number of hydrogen-bond donors (Lipinski definition) is 1. The molecule has 0 atom stereocenters. The predicted octanol–water partition coefficient (Wildman–Crippen LogP) is 3.80. The summed E-state index contributed by atoms with van der Waals surface area (Å²) in [6.07, 6.45) is 1.30.